The van der Waals surface area contributed by atoms with Gasteiger partial charge in [0.2, 0.25) is 0 Å². The van der Waals surface area contributed by atoms with E-state index in [4.69, 9.17) is 20.9 Å². The lowest BCUT2D eigenvalue weighted by molar-refractivity contribution is -0.312. The highest BCUT2D eigenvalue weighted by molar-refractivity contribution is 5.75. The minimum atomic E-state index is -0.967. The van der Waals surface area contributed by atoms with E-state index in [1.54, 1.807) is 13.2 Å². The molecule has 1 saturated heterocycles. The van der Waals surface area contributed by atoms with Gasteiger partial charge in [-0.1, -0.05) is 26.8 Å². The summed E-state index contributed by atoms with van der Waals surface area (Å²) in [5.74, 6) is 0.925. The third-order valence-electron chi connectivity index (χ3n) is 11.6. The number of phenols is 1. The second-order valence-corrected chi connectivity index (χ2v) is 13.6. The number of hydrogen-bond acceptors (Lipinski definition) is 6. The van der Waals surface area contributed by atoms with Crippen molar-refractivity contribution < 1.29 is 19.7 Å². The summed E-state index contributed by atoms with van der Waals surface area (Å²) in [6.45, 7) is 10.9. The Morgan fingerprint density at radius 1 is 1.22 bits per heavy atom. The number of likely N-dealkylation sites (tertiary alicyclic amines) is 1. The molecular formula is C29H44N4O4. The van der Waals surface area contributed by atoms with E-state index in [1.807, 2.05) is 6.92 Å². The van der Waals surface area contributed by atoms with Gasteiger partial charge in [0.15, 0.2) is 17.5 Å². The summed E-state index contributed by atoms with van der Waals surface area (Å²) in [7, 11) is 1.80. The topological polar surface area (TPSA) is 127 Å². The van der Waals surface area contributed by atoms with Crippen LogP contribution < -0.4 is 16.2 Å². The molecule has 1 aromatic rings. The molecule has 7 atom stereocenters. The summed E-state index contributed by atoms with van der Waals surface area (Å²) in [5.41, 5.74) is 11.4. The number of hydrogen-bond donors (Lipinski definition) is 4. The molecule has 37 heavy (non-hydrogen) atoms. The number of aliphatic imine (C=N–C) groups is 1. The van der Waals surface area contributed by atoms with Crippen LogP contribution in [0.3, 0.4) is 0 Å². The number of rotatable bonds is 6. The predicted molar refractivity (Wildman–Crippen MR) is 143 cm³/mol. The van der Waals surface area contributed by atoms with Crippen LogP contribution in [0.25, 0.3) is 0 Å². The molecule has 7 rings (SSSR count). The van der Waals surface area contributed by atoms with Crippen LogP contribution >= 0.6 is 0 Å². The van der Waals surface area contributed by atoms with Crippen LogP contribution in [0.2, 0.25) is 0 Å². The molecule has 6 N–H and O–H groups in total. The molecule has 4 aliphatic carbocycles. The normalized spacial score (nSPS) is 39.0. The minimum absolute atomic E-state index is 0.0711. The molecule has 6 aliphatic rings. The lowest BCUT2D eigenvalue weighted by atomic mass is 9.33. The molecule has 2 aliphatic heterocycles. The Bertz CT molecular complexity index is 1140. The molecule has 2 spiro atoms. The first kappa shape index (κ1) is 25.3. The van der Waals surface area contributed by atoms with Crippen molar-refractivity contribution in [3.8, 4) is 11.5 Å². The van der Waals surface area contributed by atoms with Crippen molar-refractivity contribution in [3.05, 3.63) is 23.3 Å². The van der Waals surface area contributed by atoms with E-state index in [-0.39, 0.29) is 40.0 Å². The van der Waals surface area contributed by atoms with Crippen LogP contribution in [-0.4, -0.2) is 71.2 Å². The summed E-state index contributed by atoms with van der Waals surface area (Å²) >= 11 is 0. The average Bonchev–Trinajstić information content (AvgIpc) is 3.20. The lowest BCUT2D eigenvalue weighted by Gasteiger charge is -2.75. The molecule has 1 aromatic carbocycles. The second kappa shape index (κ2) is 7.76. The first-order chi connectivity index (χ1) is 17.4. The number of benzene rings is 1. The van der Waals surface area contributed by atoms with Crippen LogP contribution in [0.4, 0.5) is 0 Å². The van der Waals surface area contributed by atoms with Gasteiger partial charge in [-0.25, -0.2) is 0 Å². The van der Waals surface area contributed by atoms with Gasteiger partial charge < -0.3 is 31.2 Å². The van der Waals surface area contributed by atoms with Crippen molar-refractivity contribution in [1.29, 1.82) is 0 Å². The van der Waals surface area contributed by atoms with Crippen molar-refractivity contribution in [2.75, 3.05) is 26.7 Å². The number of methoxy groups -OCH3 is 1. The summed E-state index contributed by atoms with van der Waals surface area (Å²) < 4.78 is 13.4. The van der Waals surface area contributed by atoms with Crippen LogP contribution in [0.5, 0.6) is 11.5 Å². The van der Waals surface area contributed by atoms with Gasteiger partial charge in [-0.15, -0.1) is 0 Å². The maximum absolute atomic E-state index is 12.2. The van der Waals surface area contributed by atoms with Crippen molar-refractivity contribution in [1.82, 2.24) is 4.90 Å². The van der Waals surface area contributed by atoms with Crippen molar-refractivity contribution in [2.24, 2.45) is 33.2 Å². The van der Waals surface area contributed by atoms with Crippen LogP contribution in [0.1, 0.15) is 70.9 Å². The van der Waals surface area contributed by atoms with Crippen molar-refractivity contribution in [2.45, 2.75) is 95.0 Å². The van der Waals surface area contributed by atoms with Gasteiger partial charge in [0.25, 0.3) is 0 Å². The molecule has 8 heteroatoms. The molecular weight excluding hydrogens is 468 g/mol. The van der Waals surface area contributed by atoms with E-state index in [9.17, 15) is 10.2 Å². The van der Waals surface area contributed by atoms with Gasteiger partial charge in [0.05, 0.1) is 5.60 Å². The highest BCUT2D eigenvalue weighted by Gasteiger charge is 2.82. The van der Waals surface area contributed by atoms with E-state index in [1.165, 1.54) is 11.1 Å². The first-order valence-electron chi connectivity index (χ1n) is 13.9. The number of phenolic OH excluding ortho intramolecular Hbond substituents is 1. The van der Waals surface area contributed by atoms with E-state index < -0.39 is 11.2 Å². The van der Waals surface area contributed by atoms with Gasteiger partial charge in [-0.05, 0) is 69.0 Å². The fraction of sp³-hybridized carbons (Fsp3) is 0.759. The number of piperidine rings is 1. The van der Waals surface area contributed by atoms with Gasteiger partial charge in [-0.3, -0.25) is 9.89 Å². The Morgan fingerprint density at radius 3 is 2.65 bits per heavy atom. The zero-order valence-electron chi connectivity index (χ0n) is 23.0. The van der Waals surface area contributed by atoms with Crippen LogP contribution in [0.15, 0.2) is 17.1 Å². The predicted octanol–water partition coefficient (Wildman–Crippen LogP) is 2.67. The quantitative estimate of drug-likeness (QED) is 0.262. The van der Waals surface area contributed by atoms with Gasteiger partial charge in [-0.2, -0.15) is 0 Å². The Labute approximate surface area is 220 Å². The van der Waals surface area contributed by atoms with E-state index >= 15 is 0 Å². The number of nitrogens with two attached hydrogens (primary N) is 2. The Balaban J connectivity index is 1.51. The SMILES string of the molecule is CO[C@@]12CC[C@@]3(C[C@H]1[C@@](C)(O)C(C)(C)C)[C@H]1Cc4ccc(O)c5c4[C@@]3(CCN1CCCN=C(N)N)[C@H]2O5. The number of nitrogens with zero attached hydrogens (tertiary/aromatic N) is 2. The maximum atomic E-state index is 12.2. The molecule has 0 aromatic heterocycles. The molecule has 4 bridgehead atoms. The molecule has 0 amide bonds. The Morgan fingerprint density at radius 2 is 1.97 bits per heavy atom. The lowest BCUT2D eigenvalue weighted by Crippen LogP contribution is -2.83. The molecule has 8 nitrogen and oxygen atoms in total. The molecule has 3 saturated carbocycles. The fourth-order valence-electron chi connectivity index (χ4n) is 9.48. The standard InChI is InChI=1S/C29H44N4O4/c1-25(2,3)26(4,35)19-16-27-9-10-29(19,36-5)23-28(27)11-14-33(13-6-12-32-24(30)31)20(27)15-17-7-8-18(34)22(37-23)21(17)28/h7-8,19-20,23,34-35H,6,9-16H2,1-5H3,(H4,30,31,32)/t19-,20+,23+,26+,27+,28-,29-/m0/s1. The number of aliphatic hydroxyl groups is 1. The molecule has 2 heterocycles. The van der Waals surface area contributed by atoms with Gasteiger partial charge in [0.1, 0.15) is 11.7 Å². The number of fused-ring (bicyclic) bond motifs is 2. The van der Waals surface area contributed by atoms with Crippen LogP contribution in [0, 0.1) is 16.7 Å². The van der Waals surface area contributed by atoms with Crippen molar-refractivity contribution >= 4 is 5.96 Å². The first-order valence-corrected chi connectivity index (χ1v) is 13.9. The molecule has 4 fully saturated rings. The Kier molecular flexibility index (Phi) is 5.30. The van der Waals surface area contributed by atoms with E-state index in [2.05, 4.69) is 36.7 Å². The summed E-state index contributed by atoms with van der Waals surface area (Å²) in [5, 5.41) is 23.2. The highest BCUT2D eigenvalue weighted by atomic mass is 16.6. The maximum Gasteiger partial charge on any atom is 0.185 e. The highest BCUT2D eigenvalue weighted by Crippen LogP contribution is 2.78. The smallest absolute Gasteiger partial charge is 0.185 e. The number of ether oxygens (including phenoxy) is 2. The molecule has 204 valence electrons. The minimum Gasteiger partial charge on any atom is -0.504 e. The average molecular weight is 513 g/mol. The number of guanidine groups is 1. The van der Waals surface area contributed by atoms with Crippen LogP contribution in [-0.2, 0) is 16.6 Å². The Hall–Kier alpha value is -2.03. The van der Waals surface area contributed by atoms with Gasteiger partial charge in [0, 0.05) is 48.6 Å². The number of aromatic hydroxyl groups is 1. The van der Waals surface area contributed by atoms with E-state index in [0.29, 0.717) is 18.3 Å². The van der Waals surface area contributed by atoms with Crippen molar-refractivity contribution in [3.63, 3.8) is 0 Å². The summed E-state index contributed by atoms with van der Waals surface area (Å²) in [4.78, 5) is 6.88. The zero-order valence-corrected chi connectivity index (χ0v) is 23.0. The zero-order chi connectivity index (χ0) is 26.6. The summed E-state index contributed by atoms with van der Waals surface area (Å²) in [6.07, 6.45) is 5.30. The molecule has 0 unspecified atom stereocenters. The van der Waals surface area contributed by atoms with Gasteiger partial charge >= 0.3 is 0 Å². The van der Waals surface area contributed by atoms with E-state index in [0.717, 1.165) is 51.6 Å². The largest absolute Gasteiger partial charge is 0.504 e. The monoisotopic (exact) mass is 512 g/mol. The molecule has 0 radical (unpaired) electrons. The fourth-order valence-corrected chi connectivity index (χ4v) is 9.48. The third-order valence-corrected chi connectivity index (χ3v) is 11.6. The third kappa shape index (κ3) is 2.92. The second-order valence-electron chi connectivity index (χ2n) is 13.6. The summed E-state index contributed by atoms with van der Waals surface area (Å²) in [6, 6.07) is 4.22.